The summed E-state index contributed by atoms with van der Waals surface area (Å²) in [6.07, 6.45) is 13.9. The molecule has 2 aromatic carbocycles. The molecular weight excluding hydrogens is 715 g/mol. The average Bonchev–Trinajstić information content (AvgIpc) is 3.61. The van der Waals surface area contributed by atoms with Crippen LogP contribution in [-0.4, -0.2) is 99.8 Å². The number of imide groups is 1. The highest BCUT2D eigenvalue weighted by Gasteiger charge is 2.28. The lowest BCUT2D eigenvalue weighted by Gasteiger charge is -2.34. The lowest BCUT2D eigenvalue weighted by molar-refractivity contribution is -0.134. The molecule has 3 N–H and O–H groups in total. The molecule has 2 saturated heterocycles. The molecule has 11 nitrogen and oxygen atoms in total. The molecule has 3 fully saturated rings. The van der Waals surface area contributed by atoms with Crippen molar-refractivity contribution < 1.29 is 19.4 Å². The number of aliphatic hydroxyl groups excluding tert-OH is 1. The number of nitrogens with one attached hydrogen (secondary N) is 2. The van der Waals surface area contributed by atoms with E-state index >= 15 is 0 Å². The Bertz CT molecular complexity index is 1890. The Labute approximate surface area is 338 Å². The number of aliphatic hydroxyl groups is 1. The van der Waals surface area contributed by atoms with E-state index in [1.807, 2.05) is 18.3 Å². The summed E-state index contributed by atoms with van der Waals surface area (Å²) >= 11 is 0. The number of carbonyl (C=O) groups is 2. The van der Waals surface area contributed by atoms with Crippen LogP contribution in [0.3, 0.4) is 0 Å². The van der Waals surface area contributed by atoms with Gasteiger partial charge < -0.3 is 24.6 Å². The van der Waals surface area contributed by atoms with Crippen molar-refractivity contribution in [3.05, 3.63) is 77.6 Å². The van der Waals surface area contributed by atoms with Crippen LogP contribution in [0.15, 0.2) is 60.9 Å². The van der Waals surface area contributed by atoms with Gasteiger partial charge in [0, 0.05) is 94.8 Å². The van der Waals surface area contributed by atoms with Crippen molar-refractivity contribution in [1.29, 1.82) is 0 Å². The number of fused-ring (bicyclic) bond motifs is 1. The summed E-state index contributed by atoms with van der Waals surface area (Å²) < 4.78 is 8.34. The molecule has 3 aliphatic rings. The van der Waals surface area contributed by atoms with Crippen molar-refractivity contribution in [3.63, 3.8) is 0 Å². The number of carbonyl (C=O) groups excluding carboxylic acids is 2. The van der Waals surface area contributed by atoms with Gasteiger partial charge in [-0.1, -0.05) is 75.2 Å². The Morgan fingerprint density at radius 3 is 2.30 bits per heavy atom. The number of piperidine rings is 1. The molecule has 1 atom stereocenters. The van der Waals surface area contributed by atoms with Crippen molar-refractivity contribution in [3.8, 4) is 11.1 Å². The van der Waals surface area contributed by atoms with Crippen LogP contribution in [0.2, 0.25) is 0 Å². The fourth-order valence-corrected chi connectivity index (χ4v) is 8.79. The second-order valence-corrected chi connectivity index (χ2v) is 16.5. The van der Waals surface area contributed by atoms with Crippen LogP contribution in [0.1, 0.15) is 107 Å². The number of aryl methyl sites for hydroxylation is 1. The number of anilines is 1. The molecule has 1 saturated carbocycles. The number of hydrogen-bond donors (Lipinski definition) is 3. The van der Waals surface area contributed by atoms with Gasteiger partial charge in [-0.2, -0.15) is 4.98 Å². The van der Waals surface area contributed by atoms with Crippen molar-refractivity contribution in [2.45, 2.75) is 109 Å². The third-order valence-corrected chi connectivity index (χ3v) is 12.6. The second-order valence-electron chi connectivity index (χ2n) is 16.5. The molecule has 0 spiro atoms. The van der Waals surface area contributed by atoms with E-state index in [1.165, 1.54) is 22.3 Å². The highest BCUT2D eigenvalue weighted by molar-refractivity contribution is 6.01. The molecule has 2 aliphatic heterocycles. The van der Waals surface area contributed by atoms with Crippen LogP contribution in [-0.2, 0) is 27.3 Å². The number of nitrogens with zero attached hydrogens (tertiary/aromatic N) is 5. The SMILES string of the molecule is CCC(CC)CNc1ncc2c(-c3ccc(CN4CCN(CCCOCCCc5ccc(C6CCC(=O)NC6=O)cc5)CC4)cc3)cn(C3CCC(O)CC3)c2n1. The van der Waals surface area contributed by atoms with Crippen molar-refractivity contribution in [1.82, 2.24) is 29.7 Å². The van der Waals surface area contributed by atoms with E-state index in [2.05, 4.69) is 81.4 Å². The Morgan fingerprint density at radius 1 is 0.877 bits per heavy atom. The molecule has 4 aromatic rings. The van der Waals surface area contributed by atoms with Gasteiger partial charge >= 0.3 is 0 Å². The van der Waals surface area contributed by atoms with Crippen LogP contribution >= 0.6 is 0 Å². The van der Waals surface area contributed by atoms with E-state index < -0.39 is 0 Å². The standard InChI is InChI=1S/C46H63N7O4/c1-3-33(4-2)29-47-46-48-30-41-42(32-53(44(41)50-46)38-16-18-39(54)19-17-38)37-14-10-35(11-15-37)31-52-25-23-51(24-26-52)22-6-28-57-27-5-7-34-8-12-36(13-9-34)40-20-21-43(55)49-45(40)56/h8-15,30,32-33,38-40,54H,3-7,16-29,31H2,1-2H3,(H,47,48,50)(H,49,55,56). The number of hydrogen-bond acceptors (Lipinski definition) is 9. The lowest BCUT2D eigenvalue weighted by Crippen LogP contribution is -2.46. The van der Waals surface area contributed by atoms with Gasteiger partial charge in [-0.3, -0.25) is 19.8 Å². The number of piperazine rings is 1. The molecule has 0 bridgehead atoms. The van der Waals surface area contributed by atoms with Gasteiger partial charge in [0.15, 0.2) is 0 Å². The summed E-state index contributed by atoms with van der Waals surface area (Å²) in [4.78, 5) is 38.6. The summed E-state index contributed by atoms with van der Waals surface area (Å²) in [5.74, 6) is 0.717. The number of benzene rings is 2. The van der Waals surface area contributed by atoms with Crippen molar-refractivity contribution >= 4 is 28.8 Å². The van der Waals surface area contributed by atoms with Gasteiger partial charge in [-0.25, -0.2) is 4.98 Å². The zero-order chi connectivity index (χ0) is 39.6. The zero-order valence-corrected chi connectivity index (χ0v) is 34.1. The minimum absolute atomic E-state index is 0.175. The molecule has 306 valence electrons. The molecule has 2 aromatic heterocycles. The number of rotatable bonds is 18. The largest absolute Gasteiger partial charge is 0.393 e. The van der Waals surface area contributed by atoms with E-state index in [1.54, 1.807) is 0 Å². The molecule has 57 heavy (non-hydrogen) atoms. The van der Waals surface area contributed by atoms with E-state index in [0.29, 0.717) is 30.7 Å². The van der Waals surface area contributed by atoms with Crippen LogP contribution in [0.4, 0.5) is 5.95 Å². The Balaban J connectivity index is 0.833. The summed E-state index contributed by atoms with van der Waals surface area (Å²) in [5, 5.41) is 17.2. The summed E-state index contributed by atoms with van der Waals surface area (Å²) in [6.45, 7) is 13.2. The highest BCUT2D eigenvalue weighted by Crippen LogP contribution is 2.37. The Morgan fingerprint density at radius 2 is 1.58 bits per heavy atom. The zero-order valence-electron chi connectivity index (χ0n) is 34.1. The van der Waals surface area contributed by atoms with Crippen molar-refractivity contribution in [2.75, 3.05) is 57.8 Å². The second kappa shape index (κ2) is 20.0. The number of aromatic nitrogens is 3. The predicted molar refractivity (Wildman–Crippen MR) is 226 cm³/mol. The molecule has 4 heterocycles. The average molecular weight is 778 g/mol. The van der Waals surface area contributed by atoms with Gasteiger partial charge in [-0.05, 0) is 79.5 Å². The van der Waals surface area contributed by atoms with E-state index in [-0.39, 0.29) is 23.8 Å². The Hall–Kier alpha value is -4.16. The molecule has 11 heteroatoms. The first-order valence-electron chi connectivity index (χ1n) is 21.7. The lowest BCUT2D eigenvalue weighted by atomic mass is 9.90. The minimum Gasteiger partial charge on any atom is -0.393 e. The Kier molecular flexibility index (Phi) is 14.4. The van der Waals surface area contributed by atoms with E-state index in [9.17, 15) is 14.7 Å². The van der Waals surface area contributed by atoms with Gasteiger partial charge in [-0.15, -0.1) is 0 Å². The number of ether oxygens (including phenoxy) is 1. The first-order valence-corrected chi connectivity index (χ1v) is 21.7. The minimum atomic E-state index is -0.227. The normalized spacial score (nSPS) is 21.0. The van der Waals surface area contributed by atoms with Gasteiger partial charge in [0.25, 0.3) is 0 Å². The predicted octanol–water partition coefficient (Wildman–Crippen LogP) is 7.10. The van der Waals surface area contributed by atoms with Gasteiger partial charge in [0.2, 0.25) is 17.8 Å². The first-order chi connectivity index (χ1) is 27.9. The van der Waals surface area contributed by atoms with E-state index in [4.69, 9.17) is 14.7 Å². The molecule has 1 aliphatic carbocycles. The third kappa shape index (κ3) is 10.9. The molecule has 2 amide bonds. The van der Waals surface area contributed by atoms with Crippen LogP contribution in [0.25, 0.3) is 22.2 Å². The quantitative estimate of drug-likeness (QED) is 0.0717. The molecule has 1 unspecified atom stereocenters. The summed E-state index contributed by atoms with van der Waals surface area (Å²) in [7, 11) is 0. The monoisotopic (exact) mass is 777 g/mol. The van der Waals surface area contributed by atoms with Crippen molar-refractivity contribution in [2.24, 2.45) is 5.92 Å². The molecule has 0 radical (unpaired) electrons. The summed E-state index contributed by atoms with van der Waals surface area (Å²) in [5.41, 5.74) is 6.90. The van der Waals surface area contributed by atoms with Gasteiger partial charge in [0.1, 0.15) is 5.65 Å². The van der Waals surface area contributed by atoms with Crippen LogP contribution in [0.5, 0.6) is 0 Å². The highest BCUT2D eigenvalue weighted by atomic mass is 16.5. The maximum absolute atomic E-state index is 12.2. The maximum atomic E-state index is 12.2. The van der Waals surface area contributed by atoms with Crippen LogP contribution in [0, 0.1) is 5.92 Å². The third-order valence-electron chi connectivity index (χ3n) is 12.6. The first kappa shape index (κ1) is 41.0. The number of amides is 2. The topological polar surface area (TPSA) is 125 Å². The fourth-order valence-electron chi connectivity index (χ4n) is 8.79. The smallest absolute Gasteiger partial charge is 0.234 e. The van der Waals surface area contributed by atoms with Crippen LogP contribution < -0.4 is 10.6 Å². The fraction of sp³-hybridized carbons (Fsp3) is 0.565. The van der Waals surface area contributed by atoms with E-state index in [0.717, 1.165) is 133 Å². The van der Waals surface area contributed by atoms with Gasteiger partial charge in [0.05, 0.1) is 12.0 Å². The maximum Gasteiger partial charge on any atom is 0.234 e. The molecular formula is C46H63N7O4. The molecule has 7 rings (SSSR count). The summed E-state index contributed by atoms with van der Waals surface area (Å²) in [6, 6.07) is 17.6.